The van der Waals surface area contributed by atoms with Crippen molar-refractivity contribution in [3.63, 3.8) is 0 Å². The zero-order chi connectivity index (χ0) is 14.4. The molecule has 0 aliphatic heterocycles. The minimum atomic E-state index is -0.253. The van der Waals surface area contributed by atoms with Crippen LogP contribution in [0.4, 0.5) is 0 Å². The molecule has 0 N–H and O–H groups in total. The van der Waals surface area contributed by atoms with Crippen molar-refractivity contribution in [1.29, 1.82) is 0 Å². The summed E-state index contributed by atoms with van der Waals surface area (Å²) in [5, 5.41) is 4.25. The molecule has 6 heteroatoms. The number of amides is 1. The Morgan fingerprint density at radius 2 is 2.16 bits per heavy atom. The predicted molar refractivity (Wildman–Crippen MR) is 70.8 cm³/mol. The first-order chi connectivity index (χ1) is 8.99. The fraction of sp³-hybridized carbons (Fsp3) is 0.615. The summed E-state index contributed by atoms with van der Waals surface area (Å²) < 4.78 is 6.21. The van der Waals surface area contributed by atoms with Crippen LogP contribution in [0, 0.1) is 0 Å². The summed E-state index contributed by atoms with van der Waals surface area (Å²) in [4.78, 5) is 24.8. The largest absolute Gasteiger partial charge is 0.469 e. The van der Waals surface area contributed by atoms with E-state index in [4.69, 9.17) is 0 Å². The topological polar surface area (TPSA) is 64.4 Å². The molecule has 0 saturated heterocycles. The summed E-state index contributed by atoms with van der Waals surface area (Å²) in [6.07, 6.45) is 3.37. The SMILES string of the molecule is CCc1nn(C)cc1C(=O)N(C)CCCC(=O)OC. The lowest BCUT2D eigenvalue weighted by Gasteiger charge is -2.16. The molecule has 1 rings (SSSR count). The molecule has 106 valence electrons. The highest BCUT2D eigenvalue weighted by Gasteiger charge is 2.18. The molecule has 0 saturated carbocycles. The maximum Gasteiger partial charge on any atom is 0.305 e. The van der Waals surface area contributed by atoms with Gasteiger partial charge in [-0.1, -0.05) is 6.92 Å². The van der Waals surface area contributed by atoms with Crippen molar-refractivity contribution in [3.05, 3.63) is 17.5 Å². The highest BCUT2D eigenvalue weighted by molar-refractivity contribution is 5.95. The monoisotopic (exact) mass is 267 g/mol. The molecule has 1 aromatic heterocycles. The van der Waals surface area contributed by atoms with Crippen LogP contribution in [0.15, 0.2) is 6.20 Å². The molecule has 0 spiro atoms. The number of carbonyl (C=O) groups is 2. The summed E-state index contributed by atoms with van der Waals surface area (Å²) in [5.41, 5.74) is 1.43. The van der Waals surface area contributed by atoms with E-state index in [9.17, 15) is 9.59 Å². The normalized spacial score (nSPS) is 10.3. The number of hydrogen-bond acceptors (Lipinski definition) is 4. The van der Waals surface area contributed by atoms with Gasteiger partial charge in [-0.3, -0.25) is 14.3 Å². The first-order valence-corrected chi connectivity index (χ1v) is 6.34. The molecule has 0 radical (unpaired) electrons. The predicted octanol–water partition coefficient (Wildman–Crippen LogP) is 1.01. The minimum Gasteiger partial charge on any atom is -0.469 e. The average molecular weight is 267 g/mol. The molecule has 6 nitrogen and oxygen atoms in total. The molecule has 0 unspecified atom stereocenters. The Bertz CT molecular complexity index is 454. The Balaban J connectivity index is 2.58. The van der Waals surface area contributed by atoms with E-state index in [1.54, 1.807) is 29.9 Å². The molecule has 19 heavy (non-hydrogen) atoms. The van der Waals surface area contributed by atoms with E-state index in [1.807, 2.05) is 6.92 Å². The number of esters is 1. The fourth-order valence-electron chi connectivity index (χ4n) is 1.84. The van der Waals surface area contributed by atoms with Crippen LogP contribution in [0.3, 0.4) is 0 Å². The number of nitrogens with zero attached hydrogens (tertiary/aromatic N) is 3. The Hall–Kier alpha value is -1.85. The van der Waals surface area contributed by atoms with Crippen molar-refractivity contribution < 1.29 is 14.3 Å². The number of hydrogen-bond donors (Lipinski definition) is 0. The van der Waals surface area contributed by atoms with E-state index >= 15 is 0 Å². The van der Waals surface area contributed by atoms with Crippen molar-refractivity contribution in [3.8, 4) is 0 Å². The second-order valence-electron chi connectivity index (χ2n) is 4.42. The highest BCUT2D eigenvalue weighted by atomic mass is 16.5. The Kier molecular flexibility index (Phi) is 5.54. The van der Waals surface area contributed by atoms with Crippen LogP contribution in [-0.4, -0.2) is 47.3 Å². The molecule has 1 amide bonds. The fourth-order valence-corrected chi connectivity index (χ4v) is 1.84. The molecule has 0 aromatic carbocycles. The third-order valence-electron chi connectivity index (χ3n) is 2.92. The second-order valence-corrected chi connectivity index (χ2v) is 4.42. The average Bonchev–Trinajstić information content (AvgIpc) is 2.78. The lowest BCUT2D eigenvalue weighted by atomic mass is 10.2. The van der Waals surface area contributed by atoms with Crippen LogP contribution in [0.2, 0.25) is 0 Å². The zero-order valence-electron chi connectivity index (χ0n) is 12.0. The molecule has 0 aliphatic rings. The van der Waals surface area contributed by atoms with Crippen molar-refractivity contribution in [1.82, 2.24) is 14.7 Å². The number of methoxy groups -OCH3 is 1. The van der Waals surface area contributed by atoms with Gasteiger partial charge in [0, 0.05) is 33.3 Å². The maximum absolute atomic E-state index is 12.2. The first-order valence-electron chi connectivity index (χ1n) is 6.34. The van der Waals surface area contributed by atoms with Crippen molar-refractivity contribution >= 4 is 11.9 Å². The van der Waals surface area contributed by atoms with Crippen LogP contribution in [-0.2, 0) is 23.0 Å². The van der Waals surface area contributed by atoms with E-state index in [1.165, 1.54) is 7.11 Å². The number of carbonyl (C=O) groups excluding carboxylic acids is 2. The van der Waals surface area contributed by atoms with Crippen LogP contribution in [0.25, 0.3) is 0 Å². The van der Waals surface area contributed by atoms with Gasteiger partial charge in [0.05, 0.1) is 18.4 Å². The van der Waals surface area contributed by atoms with Crippen molar-refractivity contribution in [2.75, 3.05) is 20.7 Å². The van der Waals surface area contributed by atoms with Gasteiger partial charge in [-0.05, 0) is 12.8 Å². The van der Waals surface area contributed by atoms with E-state index in [2.05, 4.69) is 9.84 Å². The molecule has 1 heterocycles. The number of ether oxygens (including phenoxy) is 1. The van der Waals surface area contributed by atoms with Gasteiger partial charge in [-0.25, -0.2) is 0 Å². The molecule has 0 aliphatic carbocycles. The summed E-state index contributed by atoms with van der Waals surface area (Å²) >= 11 is 0. The summed E-state index contributed by atoms with van der Waals surface area (Å²) in [7, 11) is 4.89. The third kappa shape index (κ3) is 4.08. The van der Waals surface area contributed by atoms with Gasteiger partial charge in [0.1, 0.15) is 0 Å². The van der Waals surface area contributed by atoms with Gasteiger partial charge in [0.15, 0.2) is 0 Å². The highest BCUT2D eigenvalue weighted by Crippen LogP contribution is 2.10. The molecule has 0 fully saturated rings. The third-order valence-corrected chi connectivity index (χ3v) is 2.92. The number of aryl methyl sites for hydroxylation is 2. The quantitative estimate of drug-likeness (QED) is 0.721. The van der Waals surface area contributed by atoms with Gasteiger partial charge >= 0.3 is 5.97 Å². The molecule has 0 atom stereocenters. The second kappa shape index (κ2) is 6.92. The van der Waals surface area contributed by atoms with E-state index < -0.39 is 0 Å². The van der Waals surface area contributed by atoms with Gasteiger partial charge in [-0.2, -0.15) is 5.10 Å². The van der Waals surface area contributed by atoms with E-state index in [0.717, 1.165) is 12.1 Å². The molecule has 1 aromatic rings. The van der Waals surface area contributed by atoms with Crippen LogP contribution in [0.5, 0.6) is 0 Å². The minimum absolute atomic E-state index is 0.0604. The van der Waals surface area contributed by atoms with Gasteiger partial charge in [0.25, 0.3) is 5.91 Å². The van der Waals surface area contributed by atoms with Crippen molar-refractivity contribution in [2.45, 2.75) is 26.2 Å². The Morgan fingerprint density at radius 3 is 2.74 bits per heavy atom. The smallest absolute Gasteiger partial charge is 0.305 e. The van der Waals surface area contributed by atoms with Crippen molar-refractivity contribution in [2.24, 2.45) is 7.05 Å². The summed E-state index contributed by atoms with van der Waals surface area (Å²) in [5.74, 6) is -0.314. The Labute approximate surface area is 113 Å². The molecular weight excluding hydrogens is 246 g/mol. The van der Waals surface area contributed by atoms with Crippen LogP contribution in [0.1, 0.15) is 35.8 Å². The van der Waals surface area contributed by atoms with Gasteiger partial charge in [0.2, 0.25) is 0 Å². The lowest BCUT2D eigenvalue weighted by molar-refractivity contribution is -0.140. The lowest BCUT2D eigenvalue weighted by Crippen LogP contribution is -2.28. The maximum atomic E-state index is 12.2. The standard InChI is InChI=1S/C13H21N3O3/c1-5-11-10(9-16(3)14-11)13(18)15(2)8-6-7-12(17)19-4/h9H,5-8H2,1-4H3. The van der Waals surface area contributed by atoms with Gasteiger partial charge < -0.3 is 9.64 Å². The summed E-state index contributed by atoms with van der Waals surface area (Å²) in [6, 6.07) is 0. The Morgan fingerprint density at radius 1 is 1.47 bits per heavy atom. The van der Waals surface area contributed by atoms with E-state index in [0.29, 0.717) is 24.9 Å². The van der Waals surface area contributed by atoms with Gasteiger partial charge in [-0.15, -0.1) is 0 Å². The van der Waals surface area contributed by atoms with E-state index in [-0.39, 0.29) is 11.9 Å². The van der Waals surface area contributed by atoms with Crippen LogP contribution < -0.4 is 0 Å². The summed E-state index contributed by atoms with van der Waals surface area (Å²) in [6.45, 7) is 2.49. The number of aromatic nitrogens is 2. The first kappa shape index (κ1) is 15.2. The number of rotatable bonds is 6. The van der Waals surface area contributed by atoms with Crippen LogP contribution >= 0.6 is 0 Å². The zero-order valence-corrected chi connectivity index (χ0v) is 12.0. The molecular formula is C13H21N3O3. The molecule has 0 bridgehead atoms.